The minimum absolute atomic E-state index is 0.493. The van der Waals surface area contributed by atoms with Crippen LogP contribution < -0.4 is 5.32 Å². The van der Waals surface area contributed by atoms with Crippen molar-refractivity contribution in [3.05, 3.63) is 0 Å². The van der Waals surface area contributed by atoms with Gasteiger partial charge in [0, 0.05) is 34.4 Å². The van der Waals surface area contributed by atoms with E-state index in [1.165, 1.54) is 19.3 Å². The van der Waals surface area contributed by atoms with E-state index in [9.17, 15) is 4.21 Å². The van der Waals surface area contributed by atoms with Crippen molar-refractivity contribution in [2.75, 3.05) is 11.5 Å². The van der Waals surface area contributed by atoms with Crippen molar-refractivity contribution in [3.8, 4) is 0 Å². The highest BCUT2D eigenvalue weighted by atomic mass is 32.2. The molecule has 1 N–H and O–H groups in total. The Kier molecular flexibility index (Phi) is 4.30. The van der Waals surface area contributed by atoms with Crippen LogP contribution in [0.5, 0.6) is 0 Å². The fourth-order valence-electron chi connectivity index (χ4n) is 3.77. The lowest BCUT2D eigenvalue weighted by molar-refractivity contribution is 0.143. The van der Waals surface area contributed by atoms with Crippen LogP contribution >= 0.6 is 0 Å². The molecule has 1 aliphatic carbocycles. The summed E-state index contributed by atoms with van der Waals surface area (Å²) in [5, 5.41) is 3.83. The van der Waals surface area contributed by atoms with Gasteiger partial charge < -0.3 is 5.32 Å². The van der Waals surface area contributed by atoms with E-state index in [2.05, 4.69) is 26.1 Å². The highest BCUT2D eigenvalue weighted by Gasteiger charge is 2.33. The smallest absolute Gasteiger partial charge is 0.0249 e. The van der Waals surface area contributed by atoms with Gasteiger partial charge in [-0.3, -0.25) is 4.21 Å². The van der Waals surface area contributed by atoms with E-state index in [0.29, 0.717) is 17.5 Å². The standard InChI is InChI=1S/C14H27NOS/c1-11-8-13(10-14(2,3)9-11)15-12-4-6-17(16)7-5-12/h11-13,15H,4-10H2,1-3H3. The first kappa shape index (κ1) is 13.5. The third kappa shape index (κ3) is 4.06. The van der Waals surface area contributed by atoms with Gasteiger partial charge in [0.05, 0.1) is 0 Å². The second-order valence-electron chi connectivity index (χ2n) is 6.90. The molecular formula is C14H27NOS. The molecule has 1 heterocycles. The van der Waals surface area contributed by atoms with Gasteiger partial charge in [0.2, 0.25) is 0 Å². The van der Waals surface area contributed by atoms with Crippen molar-refractivity contribution in [3.63, 3.8) is 0 Å². The van der Waals surface area contributed by atoms with E-state index in [1.54, 1.807) is 0 Å². The molecule has 2 atom stereocenters. The van der Waals surface area contributed by atoms with Crippen molar-refractivity contribution in [2.24, 2.45) is 11.3 Å². The Labute approximate surface area is 108 Å². The summed E-state index contributed by atoms with van der Waals surface area (Å²) in [6, 6.07) is 1.31. The van der Waals surface area contributed by atoms with Crippen molar-refractivity contribution >= 4 is 10.8 Å². The molecule has 1 saturated heterocycles. The van der Waals surface area contributed by atoms with Gasteiger partial charge in [0.15, 0.2) is 0 Å². The first-order valence-electron chi connectivity index (χ1n) is 7.06. The Morgan fingerprint density at radius 2 is 1.76 bits per heavy atom. The Balaban J connectivity index is 1.84. The summed E-state index contributed by atoms with van der Waals surface area (Å²) < 4.78 is 11.3. The van der Waals surface area contributed by atoms with Gasteiger partial charge in [-0.15, -0.1) is 0 Å². The number of rotatable bonds is 2. The van der Waals surface area contributed by atoms with Crippen LogP contribution in [0.25, 0.3) is 0 Å². The zero-order valence-corrected chi connectivity index (χ0v) is 12.3. The molecule has 17 heavy (non-hydrogen) atoms. The van der Waals surface area contributed by atoms with Crippen LogP contribution in [0.15, 0.2) is 0 Å². The van der Waals surface area contributed by atoms with E-state index in [-0.39, 0.29) is 0 Å². The zero-order valence-electron chi connectivity index (χ0n) is 11.5. The van der Waals surface area contributed by atoms with Crippen LogP contribution in [0.4, 0.5) is 0 Å². The first-order chi connectivity index (χ1) is 7.94. The fraction of sp³-hybridized carbons (Fsp3) is 1.00. The summed E-state index contributed by atoms with van der Waals surface area (Å²) in [7, 11) is -0.530. The van der Waals surface area contributed by atoms with Crippen molar-refractivity contribution in [1.82, 2.24) is 5.32 Å². The second kappa shape index (κ2) is 5.40. The van der Waals surface area contributed by atoms with Crippen molar-refractivity contribution in [2.45, 2.75) is 65.0 Å². The molecule has 0 aromatic carbocycles. The molecule has 3 heteroatoms. The Morgan fingerprint density at radius 1 is 1.12 bits per heavy atom. The Morgan fingerprint density at radius 3 is 2.35 bits per heavy atom. The minimum atomic E-state index is -0.530. The minimum Gasteiger partial charge on any atom is -0.311 e. The van der Waals surface area contributed by atoms with Gasteiger partial charge in [0.25, 0.3) is 0 Å². The van der Waals surface area contributed by atoms with Gasteiger partial charge in [-0.1, -0.05) is 20.8 Å². The normalized spacial score (nSPS) is 42.3. The highest BCUT2D eigenvalue weighted by molar-refractivity contribution is 7.85. The van der Waals surface area contributed by atoms with Gasteiger partial charge >= 0.3 is 0 Å². The van der Waals surface area contributed by atoms with Gasteiger partial charge in [-0.25, -0.2) is 0 Å². The molecule has 0 aromatic rings. The maximum atomic E-state index is 11.3. The Bertz CT molecular complexity index is 280. The van der Waals surface area contributed by atoms with Crippen LogP contribution in [-0.4, -0.2) is 27.8 Å². The lowest BCUT2D eigenvalue weighted by atomic mass is 9.70. The summed E-state index contributed by atoms with van der Waals surface area (Å²) in [6.45, 7) is 7.17. The van der Waals surface area contributed by atoms with E-state index < -0.39 is 10.8 Å². The molecule has 2 rings (SSSR count). The summed E-state index contributed by atoms with van der Waals surface area (Å²) in [5.41, 5.74) is 0.493. The fourth-order valence-corrected chi connectivity index (χ4v) is 5.07. The number of hydrogen-bond donors (Lipinski definition) is 1. The average Bonchev–Trinajstić information content (AvgIpc) is 2.18. The molecule has 0 radical (unpaired) electrons. The maximum absolute atomic E-state index is 11.3. The van der Waals surface area contributed by atoms with Gasteiger partial charge in [-0.05, 0) is 43.4 Å². The first-order valence-corrected chi connectivity index (χ1v) is 8.54. The monoisotopic (exact) mass is 257 g/mol. The zero-order chi connectivity index (χ0) is 12.5. The maximum Gasteiger partial charge on any atom is 0.0249 e. The van der Waals surface area contributed by atoms with Crippen molar-refractivity contribution in [1.29, 1.82) is 0 Å². The molecule has 0 spiro atoms. The lowest BCUT2D eigenvalue weighted by Crippen LogP contribution is -2.46. The molecular weight excluding hydrogens is 230 g/mol. The Hall–Kier alpha value is 0.110. The predicted octanol–water partition coefficient (Wildman–Crippen LogP) is 2.70. The van der Waals surface area contributed by atoms with Crippen LogP contribution in [-0.2, 0) is 10.8 Å². The molecule has 0 bridgehead atoms. The van der Waals surface area contributed by atoms with E-state index in [1.807, 2.05) is 0 Å². The number of nitrogens with one attached hydrogen (secondary N) is 1. The third-order valence-electron chi connectivity index (χ3n) is 4.25. The van der Waals surface area contributed by atoms with E-state index in [0.717, 1.165) is 30.3 Å². The van der Waals surface area contributed by atoms with Gasteiger partial charge in [0.1, 0.15) is 0 Å². The SMILES string of the molecule is CC1CC(NC2CCS(=O)CC2)CC(C)(C)C1. The summed E-state index contributed by atoms with van der Waals surface area (Å²) in [4.78, 5) is 0. The van der Waals surface area contributed by atoms with Crippen LogP contribution in [0.1, 0.15) is 52.9 Å². The van der Waals surface area contributed by atoms with Crippen LogP contribution in [0.2, 0.25) is 0 Å². The second-order valence-corrected chi connectivity index (χ2v) is 8.60. The van der Waals surface area contributed by atoms with Crippen LogP contribution in [0, 0.1) is 11.3 Å². The molecule has 1 aliphatic heterocycles. The van der Waals surface area contributed by atoms with Gasteiger partial charge in [-0.2, -0.15) is 0 Å². The highest BCUT2D eigenvalue weighted by Crippen LogP contribution is 2.38. The topological polar surface area (TPSA) is 29.1 Å². The average molecular weight is 257 g/mol. The molecule has 2 aliphatic rings. The summed E-state index contributed by atoms with van der Waals surface area (Å²) >= 11 is 0. The number of hydrogen-bond acceptors (Lipinski definition) is 2. The predicted molar refractivity (Wildman–Crippen MR) is 74.6 cm³/mol. The van der Waals surface area contributed by atoms with Crippen LogP contribution in [0.3, 0.4) is 0 Å². The summed E-state index contributed by atoms with van der Waals surface area (Å²) in [5.74, 6) is 2.65. The molecule has 0 aromatic heterocycles. The molecule has 1 saturated carbocycles. The molecule has 0 amide bonds. The van der Waals surface area contributed by atoms with E-state index in [4.69, 9.17) is 0 Å². The molecule has 2 nitrogen and oxygen atoms in total. The molecule has 2 fully saturated rings. The molecule has 2 unspecified atom stereocenters. The molecule has 100 valence electrons. The third-order valence-corrected chi connectivity index (χ3v) is 5.63. The van der Waals surface area contributed by atoms with E-state index >= 15 is 0 Å². The quantitative estimate of drug-likeness (QED) is 0.824. The lowest BCUT2D eigenvalue weighted by Gasteiger charge is -2.41. The van der Waals surface area contributed by atoms with Crippen molar-refractivity contribution < 1.29 is 4.21 Å². The summed E-state index contributed by atoms with van der Waals surface area (Å²) in [6.07, 6.45) is 6.20. The largest absolute Gasteiger partial charge is 0.311 e.